The number of epoxide rings is 1. The summed E-state index contributed by atoms with van der Waals surface area (Å²) < 4.78 is 5.22. The molecular formula is C11H11NO2. The smallest absolute Gasteiger partial charge is 0.224 e. The summed E-state index contributed by atoms with van der Waals surface area (Å²) in [6.07, 6.45) is 1.75. The zero-order valence-electron chi connectivity index (χ0n) is 7.75. The van der Waals surface area contributed by atoms with Crippen LogP contribution in [0.1, 0.15) is 23.7 Å². The minimum atomic E-state index is 0.118. The Bertz CT molecular complexity index is 396. The Balaban J connectivity index is 1.97. The van der Waals surface area contributed by atoms with Crippen LogP contribution in [-0.4, -0.2) is 12.5 Å². The van der Waals surface area contributed by atoms with Gasteiger partial charge in [-0.15, -0.1) is 0 Å². The van der Waals surface area contributed by atoms with Gasteiger partial charge in [0.1, 0.15) is 6.10 Å². The second-order valence-corrected chi connectivity index (χ2v) is 3.79. The van der Waals surface area contributed by atoms with Crippen LogP contribution in [0.3, 0.4) is 0 Å². The van der Waals surface area contributed by atoms with E-state index in [4.69, 9.17) is 4.74 Å². The third-order valence-corrected chi connectivity index (χ3v) is 2.73. The molecule has 1 N–H and O–H groups in total. The summed E-state index contributed by atoms with van der Waals surface area (Å²) in [5.41, 5.74) is 3.43. The molecule has 0 aliphatic carbocycles. The molecule has 1 aromatic carbocycles. The van der Waals surface area contributed by atoms with Crippen molar-refractivity contribution in [3.05, 3.63) is 29.3 Å². The lowest BCUT2D eigenvalue weighted by Crippen LogP contribution is -2.18. The third kappa shape index (κ3) is 1.30. The van der Waals surface area contributed by atoms with Gasteiger partial charge in [-0.05, 0) is 23.6 Å². The molecule has 0 spiro atoms. The zero-order valence-corrected chi connectivity index (χ0v) is 7.75. The van der Waals surface area contributed by atoms with E-state index in [-0.39, 0.29) is 5.91 Å². The molecule has 1 fully saturated rings. The van der Waals surface area contributed by atoms with Crippen molar-refractivity contribution in [2.45, 2.75) is 18.9 Å². The number of nitrogens with one attached hydrogen (secondary N) is 1. The van der Waals surface area contributed by atoms with Gasteiger partial charge in [0, 0.05) is 12.1 Å². The van der Waals surface area contributed by atoms with Crippen molar-refractivity contribution < 1.29 is 9.53 Å². The van der Waals surface area contributed by atoms with Gasteiger partial charge in [0.15, 0.2) is 0 Å². The average molecular weight is 189 g/mol. The highest BCUT2D eigenvalue weighted by molar-refractivity contribution is 5.93. The summed E-state index contributed by atoms with van der Waals surface area (Å²) in [6.45, 7) is 0.838. The SMILES string of the molecule is O=C1CCc2cc([C@@H]3CO3)ccc2N1. The Hall–Kier alpha value is -1.35. The van der Waals surface area contributed by atoms with E-state index >= 15 is 0 Å². The van der Waals surface area contributed by atoms with Crippen molar-refractivity contribution in [2.24, 2.45) is 0 Å². The van der Waals surface area contributed by atoms with Crippen LogP contribution in [0.5, 0.6) is 0 Å². The summed E-state index contributed by atoms with van der Waals surface area (Å²) >= 11 is 0. The van der Waals surface area contributed by atoms with Crippen LogP contribution in [0.25, 0.3) is 0 Å². The number of hydrogen-bond acceptors (Lipinski definition) is 2. The van der Waals surface area contributed by atoms with E-state index < -0.39 is 0 Å². The number of rotatable bonds is 1. The summed E-state index contributed by atoms with van der Waals surface area (Å²) in [5, 5.41) is 2.87. The van der Waals surface area contributed by atoms with E-state index in [1.54, 1.807) is 0 Å². The van der Waals surface area contributed by atoms with E-state index in [9.17, 15) is 4.79 Å². The number of ether oxygens (including phenoxy) is 1. The van der Waals surface area contributed by atoms with Crippen LogP contribution in [0.15, 0.2) is 18.2 Å². The highest BCUT2D eigenvalue weighted by Gasteiger charge is 2.26. The van der Waals surface area contributed by atoms with Crippen molar-refractivity contribution in [1.82, 2.24) is 0 Å². The maximum atomic E-state index is 11.1. The highest BCUT2D eigenvalue weighted by Crippen LogP contribution is 2.33. The molecule has 0 saturated carbocycles. The molecule has 2 heterocycles. The monoisotopic (exact) mass is 189 g/mol. The van der Waals surface area contributed by atoms with Crippen LogP contribution in [0, 0.1) is 0 Å². The van der Waals surface area contributed by atoms with Crippen LogP contribution < -0.4 is 5.32 Å². The quantitative estimate of drug-likeness (QED) is 0.682. The van der Waals surface area contributed by atoms with Gasteiger partial charge in [0.05, 0.1) is 6.61 Å². The Morgan fingerprint density at radius 2 is 2.21 bits per heavy atom. The molecule has 1 aromatic rings. The second-order valence-electron chi connectivity index (χ2n) is 3.79. The fourth-order valence-corrected chi connectivity index (χ4v) is 1.84. The minimum absolute atomic E-state index is 0.118. The molecule has 0 radical (unpaired) electrons. The predicted molar refractivity (Wildman–Crippen MR) is 52.1 cm³/mol. The maximum absolute atomic E-state index is 11.1. The first-order valence-electron chi connectivity index (χ1n) is 4.87. The predicted octanol–water partition coefficient (Wildman–Crippen LogP) is 1.64. The Morgan fingerprint density at radius 1 is 1.36 bits per heavy atom. The van der Waals surface area contributed by atoms with E-state index in [1.807, 2.05) is 12.1 Å². The molecule has 1 amide bonds. The first-order chi connectivity index (χ1) is 6.83. The first kappa shape index (κ1) is 8.00. The van der Waals surface area contributed by atoms with Crippen LogP contribution in [-0.2, 0) is 16.0 Å². The Labute approximate surface area is 82.1 Å². The van der Waals surface area contributed by atoms with E-state index in [2.05, 4.69) is 11.4 Å². The summed E-state index contributed by atoms with van der Waals surface area (Å²) in [5.74, 6) is 0.118. The number of carbonyl (C=O) groups excluding carboxylic acids is 1. The topological polar surface area (TPSA) is 41.6 Å². The van der Waals surface area contributed by atoms with Gasteiger partial charge in [-0.2, -0.15) is 0 Å². The fourth-order valence-electron chi connectivity index (χ4n) is 1.84. The van der Waals surface area contributed by atoms with E-state index in [0.717, 1.165) is 18.7 Å². The molecule has 1 atom stereocenters. The van der Waals surface area contributed by atoms with Crippen molar-refractivity contribution in [2.75, 3.05) is 11.9 Å². The number of fused-ring (bicyclic) bond motifs is 1. The molecule has 0 aromatic heterocycles. The van der Waals surface area contributed by atoms with Crippen molar-refractivity contribution in [1.29, 1.82) is 0 Å². The Kier molecular flexibility index (Phi) is 1.61. The fraction of sp³-hybridized carbons (Fsp3) is 0.364. The molecule has 3 rings (SSSR count). The van der Waals surface area contributed by atoms with E-state index in [0.29, 0.717) is 12.5 Å². The lowest BCUT2D eigenvalue weighted by Gasteiger charge is -2.17. The average Bonchev–Trinajstić information content (AvgIpc) is 3.00. The molecule has 0 unspecified atom stereocenters. The maximum Gasteiger partial charge on any atom is 0.224 e. The van der Waals surface area contributed by atoms with Gasteiger partial charge in [-0.25, -0.2) is 0 Å². The molecule has 3 heteroatoms. The van der Waals surface area contributed by atoms with Crippen molar-refractivity contribution in [3.63, 3.8) is 0 Å². The number of carbonyl (C=O) groups is 1. The highest BCUT2D eigenvalue weighted by atomic mass is 16.6. The number of aryl methyl sites for hydroxylation is 1. The number of hydrogen-bond donors (Lipinski definition) is 1. The Morgan fingerprint density at radius 3 is 3.00 bits per heavy atom. The summed E-state index contributed by atoms with van der Waals surface area (Å²) in [4.78, 5) is 11.1. The molecule has 1 saturated heterocycles. The van der Waals surface area contributed by atoms with Gasteiger partial charge in [0.2, 0.25) is 5.91 Å². The molecule has 14 heavy (non-hydrogen) atoms. The normalized spacial score (nSPS) is 24.0. The van der Waals surface area contributed by atoms with Crippen molar-refractivity contribution >= 4 is 11.6 Å². The first-order valence-corrected chi connectivity index (χ1v) is 4.87. The molecule has 2 aliphatic heterocycles. The van der Waals surface area contributed by atoms with Crippen LogP contribution >= 0.6 is 0 Å². The number of amides is 1. The van der Waals surface area contributed by atoms with Crippen LogP contribution in [0.4, 0.5) is 5.69 Å². The molecular weight excluding hydrogens is 178 g/mol. The lowest BCUT2D eigenvalue weighted by molar-refractivity contribution is -0.116. The molecule has 3 nitrogen and oxygen atoms in total. The van der Waals surface area contributed by atoms with Crippen molar-refractivity contribution in [3.8, 4) is 0 Å². The zero-order chi connectivity index (χ0) is 9.54. The van der Waals surface area contributed by atoms with Gasteiger partial charge in [-0.3, -0.25) is 4.79 Å². The number of benzene rings is 1. The van der Waals surface area contributed by atoms with Gasteiger partial charge < -0.3 is 10.1 Å². The number of anilines is 1. The van der Waals surface area contributed by atoms with Gasteiger partial charge >= 0.3 is 0 Å². The standard InChI is InChI=1S/C11H11NO2/c13-11-4-2-7-5-8(10-6-14-10)1-3-9(7)12-11/h1,3,5,10H,2,4,6H2,(H,12,13)/t10-/m0/s1. The molecule has 0 bridgehead atoms. The summed E-state index contributed by atoms with van der Waals surface area (Å²) in [6, 6.07) is 6.15. The molecule has 72 valence electrons. The lowest BCUT2D eigenvalue weighted by atomic mass is 9.99. The second kappa shape index (κ2) is 2.82. The molecule has 2 aliphatic rings. The largest absolute Gasteiger partial charge is 0.368 e. The van der Waals surface area contributed by atoms with E-state index in [1.165, 1.54) is 11.1 Å². The third-order valence-electron chi connectivity index (χ3n) is 2.73. The van der Waals surface area contributed by atoms with Gasteiger partial charge in [0.25, 0.3) is 0 Å². The van der Waals surface area contributed by atoms with Crippen LogP contribution in [0.2, 0.25) is 0 Å². The summed E-state index contributed by atoms with van der Waals surface area (Å²) in [7, 11) is 0. The minimum Gasteiger partial charge on any atom is -0.368 e. The van der Waals surface area contributed by atoms with Gasteiger partial charge in [-0.1, -0.05) is 12.1 Å².